The van der Waals surface area contributed by atoms with E-state index in [9.17, 15) is 9.90 Å². The fourth-order valence-corrected chi connectivity index (χ4v) is 3.44. The first-order valence-corrected chi connectivity index (χ1v) is 5.77. The number of hydrogen-bond acceptors (Lipinski definition) is 2. The molecule has 2 aliphatic carbocycles. The van der Waals surface area contributed by atoms with E-state index in [1.54, 1.807) is 0 Å². The Morgan fingerprint density at radius 2 is 2.14 bits per heavy atom. The van der Waals surface area contributed by atoms with Crippen LogP contribution in [0.4, 0.5) is 0 Å². The third kappa shape index (κ3) is 1.31. The molecule has 0 aromatic heterocycles. The zero-order valence-electron chi connectivity index (χ0n) is 9.12. The molecule has 0 aromatic carbocycles. The van der Waals surface area contributed by atoms with Crippen molar-refractivity contribution in [1.29, 1.82) is 0 Å². The molecule has 0 spiro atoms. The Hall–Kier alpha value is -0.370. The first-order chi connectivity index (χ1) is 6.55. The van der Waals surface area contributed by atoms with Crippen LogP contribution in [0.2, 0.25) is 0 Å². The van der Waals surface area contributed by atoms with Crippen molar-refractivity contribution in [3.05, 3.63) is 0 Å². The molecule has 2 fully saturated rings. The fourth-order valence-electron chi connectivity index (χ4n) is 3.44. The SMILES string of the molecule is C[C@@H]1[C@@H](O)CC[C@]2(C)C(=O)CCC[C@@H]12. The summed E-state index contributed by atoms with van der Waals surface area (Å²) in [5.74, 6) is 1.16. The fraction of sp³-hybridized carbons (Fsp3) is 0.917. The van der Waals surface area contributed by atoms with Gasteiger partial charge in [0, 0.05) is 11.8 Å². The first kappa shape index (κ1) is 10.2. The van der Waals surface area contributed by atoms with Crippen molar-refractivity contribution in [1.82, 2.24) is 0 Å². The van der Waals surface area contributed by atoms with Crippen LogP contribution in [-0.2, 0) is 4.79 Å². The molecule has 0 unspecified atom stereocenters. The lowest BCUT2D eigenvalue weighted by atomic mass is 9.56. The highest BCUT2D eigenvalue weighted by molar-refractivity contribution is 5.85. The van der Waals surface area contributed by atoms with E-state index in [1.165, 1.54) is 0 Å². The highest BCUT2D eigenvalue weighted by atomic mass is 16.3. The molecular weight excluding hydrogens is 176 g/mol. The Morgan fingerprint density at radius 3 is 2.86 bits per heavy atom. The predicted octanol–water partition coefficient (Wildman–Crippen LogP) is 2.15. The first-order valence-electron chi connectivity index (χ1n) is 5.77. The van der Waals surface area contributed by atoms with Gasteiger partial charge in [-0.2, -0.15) is 0 Å². The molecule has 0 bridgehead atoms. The Morgan fingerprint density at radius 1 is 1.43 bits per heavy atom. The topological polar surface area (TPSA) is 37.3 Å². The molecular formula is C12H20O2. The lowest BCUT2D eigenvalue weighted by Crippen LogP contribution is -2.49. The van der Waals surface area contributed by atoms with Crippen LogP contribution < -0.4 is 0 Å². The van der Waals surface area contributed by atoms with E-state index in [0.29, 0.717) is 17.6 Å². The van der Waals surface area contributed by atoms with Gasteiger partial charge in [-0.05, 0) is 37.5 Å². The monoisotopic (exact) mass is 196 g/mol. The van der Waals surface area contributed by atoms with Gasteiger partial charge < -0.3 is 5.11 Å². The third-order valence-corrected chi connectivity index (χ3v) is 4.58. The smallest absolute Gasteiger partial charge is 0.139 e. The average molecular weight is 196 g/mol. The van der Waals surface area contributed by atoms with Crippen LogP contribution in [0, 0.1) is 17.3 Å². The lowest BCUT2D eigenvalue weighted by Gasteiger charge is -2.48. The standard InChI is InChI=1S/C12H20O2/c1-8-9-4-3-5-11(14)12(9,2)7-6-10(8)13/h8-10,13H,3-7H2,1-2H3/t8-,9-,10-,12-/m0/s1. The van der Waals surface area contributed by atoms with E-state index in [4.69, 9.17) is 0 Å². The molecule has 0 aromatic rings. The Bertz CT molecular complexity index is 249. The van der Waals surface area contributed by atoms with Crippen molar-refractivity contribution in [2.45, 2.75) is 52.1 Å². The molecule has 0 saturated heterocycles. The van der Waals surface area contributed by atoms with Gasteiger partial charge in [0.05, 0.1) is 6.10 Å². The second-order valence-corrected chi connectivity index (χ2v) is 5.30. The molecule has 14 heavy (non-hydrogen) atoms. The van der Waals surface area contributed by atoms with Gasteiger partial charge >= 0.3 is 0 Å². The van der Waals surface area contributed by atoms with Crippen LogP contribution >= 0.6 is 0 Å². The van der Waals surface area contributed by atoms with Crippen LogP contribution in [0.25, 0.3) is 0 Å². The van der Waals surface area contributed by atoms with Crippen LogP contribution in [0.15, 0.2) is 0 Å². The Balaban J connectivity index is 2.25. The van der Waals surface area contributed by atoms with Gasteiger partial charge in [0.2, 0.25) is 0 Å². The predicted molar refractivity (Wildman–Crippen MR) is 54.9 cm³/mol. The summed E-state index contributed by atoms with van der Waals surface area (Å²) in [7, 11) is 0. The maximum atomic E-state index is 11.9. The molecule has 4 atom stereocenters. The summed E-state index contributed by atoms with van der Waals surface area (Å²) in [5.41, 5.74) is -0.114. The number of Topliss-reactive ketones (excluding diaryl/α,β-unsaturated/α-hetero) is 1. The highest BCUT2D eigenvalue weighted by Gasteiger charge is 2.49. The summed E-state index contributed by atoms with van der Waals surface area (Å²) in [5, 5.41) is 9.81. The second-order valence-electron chi connectivity index (χ2n) is 5.30. The van der Waals surface area contributed by atoms with Crippen molar-refractivity contribution >= 4 is 5.78 Å². The van der Waals surface area contributed by atoms with E-state index in [2.05, 4.69) is 13.8 Å². The number of rotatable bonds is 0. The molecule has 0 radical (unpaired) electrons. The Labute approximate surface area is 85.7 Å². The van der Waals surface area contributed by atoms with Gasteiger partial charge in [-0.25, -0.2) is 0 Å². The summed E-state index contributed by atoms with van der Waals surface area (Å²) < 4.78 is 0. The third-order valence-electron chi connectivity index (χ3n) is 4.58. The molecule has 2 saturated carbocycles. The van der Waals surface area contributed by atoms with Gasteiger partial charge in [0.15, 0.2) is 0 Å². The number of aliphatic hydroxyl groups excluding tert-OH is 1. The molecule has 1 N–H and O–H groups in total. The molecule has 0 aliphatic heterocycles. The van der Waals surface area contributed by atoms with Crippen LogP contribution in [0.1, 0.15) is 46.0 Å². The van der Waals surface area contributed by atoms with Gasteiger partial charge in [-0.15, -0.1) is 0 Å². The van der Waals surface area contributed by atoms with Gasteiger partial charge in [-0.1, -0.05) is 13.8 Å². The maximum absolute atomic E-state index is 11.9. The summed E-state index contributed by atoms with van der Waals surface area (Å²) in [6, 6.07) is 0. The minimum Gasteiger partial charge on any atom is -0.393 e. The van der Waals surface area contributed by atoms with E-state index < -0.39 is 0 Å². The summed E-state index contributed by atoms with van der Waals surface area (Å²) >= 11 is 0. The number of fused-ring (bicyclic) bond motifs is 1. The van der Waals surface area contributed by atoms with Crippen molar-refractivity contribution in [3.63, 3.8) is 0 Å². The lowest BCUT2D eigenvalue weighted by molar-refractivity contribution is -0.143. The highest BCUT2D eigenvalue weighted by Crippen LogP contribution is 2.50. The van der Waals surface area contributed by atoms with Crippen molar-refractivity contribution < 1.29 is 9.90 Å². The van der Waals surface area contributed by atoms with Crippen molar-refractivity contribution in [3.8, 4) is 0 Å². The molecule has 2 rings (SSSR count). The largest absolute Gasteiger partial charge is 0.393 e. The van der Waals surface area contributed by atoms with E-state index >= 15 is 0 Å². The van der Waals surface area contributed by atoms with Crippen molar-refractivity contribution in [2.24, 2.45) is 17.3 Å². The molecule has 2 heteroatoms. The quantitative estimate of drug-likeness (QED) is 0.644. The summed E-state index contributed by atoms with van der Waals surface area (Å²) in [6.07, 6.45) is 4.42. The van der Waals surface area contributed by atoms with E-state index in [1.807, 2.05) is 0 Å². The van der Waals surface area contributed by atoms with Crippen LogP contribution in [-0.4, -0.2) is 17.0 Å². The van der Waals surface area contributed by atoms with Gasteiger partial charge in [-0.3, -0.25) is 4.79 Å². The average Bonchev–Trinajstić information content (AvgIpc) is 2.16. The number of carbonyl (C=O) groups excluding carboxylic acids is 1. The number of ketones is 1. The second kappa shape index (κ2) is 3.34. The summed E-state index contributed by atoms with van der Waals surface area (Å²) in [6.45, 7) is 4.22. The molecule has 80 valence electrons. The van der Waals surface area contributed by atoms with Gasteiger partial charge in [0.1, 0.15) is 5.78 Å². The number of aliphatic hydroxyl groups is 1. The number of hydrogen-bond donors (Lipinski definition) is 1. The zero-order chi connectivity index (χ0) is 10.3. The molecule has 0 amide bonds. The van der Waals surface area contributed by atoms with Crippen LogP contribution in [0.5, 0.6) is 0 Å². The molecule has 2 aliphatic rings. The Kier molecular flexibility index (Phi) is 2.42. The van der Waals surface area contributed by atoms with Gasteiger partial charge in [0.25, 0.3) is 0 Å². The molecule has 0 heterocycles. The minimum atomic E-state index is -0.182. The van der Waals surface area contributed by atoms with E-state index in [0.717, 1.165) is 32.1 Å². The van der Waals surface area contributed by atoms with E-state index in [-0.39, 0.29) is 11.5 Å². The normalized spacial score (nSPS) is 48.8. The summed E-state index contributed by atoms with van der Waals surface area (Å²) in [4.78, 5) is 11.9. The maximum Gasteiger partial charge on any atom is 0.139 e. The molecule has 2 nitrogen and oxygen atoms in total. The van der Waals surface area contributed by atoms with Crippen LogP contribution in [0.3, 0.4) is 0 Å². The van der Waals surface area contributed by atoms with Crippen molar-refractivity contribution in [2.75, 3.05) is 0 Å². The minimum absolute atomic E-state index is 0.114. The number of carbonyl (C=O) groups is 1. The zero-order valence-corrected chi connectivity index (χ0v) is 9.12.